The number of anilines is 1. The molecule has 7 nitrogen and oxygen atoms in total. The lowest BCUT2D eigenvalue weighted by atomic mass is 10.2. The molecule has 0 aromatic heterocycles. The minimum atomic E-state index is -0.0132. The van der Waals surface area contributed by atoms with Gasteiger partial charge < -0.3 is 29.3 Å². The Morgan fingerprint density at radius 3 is 2.03 bits per heavy atom. The number of methoxy groups -OCH3 is 3. The number of hydrogen-bond donors (Lipinski definition) is 3. The van der Waals surface area contributed by atoms with E-state index < -0.39 is 0 Å². The molecule has 29 heavy (non-hydrogen) atoms. The number of piperazine rings is 1. The van der Waals surface area contributed by atoms with Crippen LogP contribution in [0.2, 0.25) is 0 Å². The fraction of sp³-hybridized carbons (Fsp3) is 0.409. The molecule has 1 aliphatic heterocycles. The Morgan fingerprint density at radius 2 is 1.48 bits per heavy atom. The number of carbonyl (C=O) groups excluding carboxylic acids is 1. The standard InChI is InChI=1S/C22H29N3O4/c1-27-19-13-18(14-20(28-2)22(19)29-3)23-21(26)16-25-11-9-24(10-12-25)15-17-7-5-4-6-8-17/h4-8,13-14H,9-12,15-16H2,1-3H3,(H,23,26)/p+2. The van der Waals surface area contributed by atoms with Crippen molar-refractivity contribution in [2.45, 2.75) is 6.54 Å². The van der Waals surface area contributed by atoms with Crippen LogP contribution in [-0.2, 0) is 11.3 Å². The zero-order chi connectivity index (χ0) is 20.6. The minimum absolute atomic E-state index is 0.0132. The molecular formula is C22H31N3O4+2. The number of hydrogen-bond acceptors (Lipinski definition) is 4. The van der Waals surface area contributed by atoms with Gasteiger partial charge in [0.15, 0.2) is 18.0 Å². The lowest BCUT2D eigenvalue weighted by Crippen LogP contribution is -3.28. The van der Waals surface area contributed by atoms with E-state index >= 15 is 0 Å². The van der Waals surface area contributed by atoms with Crippen LogP contribution in [0.15, 0.2) is 42.5 Å². The molecule has 2 aromatic carbocycles. The van der Waals surface area contributed by atoms with E-state index in [4.69, 9.17) is 14.2 Å². The highest BCUT2D eigenvalue weighted by molar-refractivity contribution is 5.92. The molecule has 1 aliphatic rings. The first-order valence-electron chi connectivity index (χ1n) is 9.94. The van der Waals surface area contributed by atoms with Crippen molar-refractivity contribution in [2.75, 3.05) is 59.4 Å². The van der Waals surface area contributed by atoms with Crippen molar-refractivity contribution < 1.29 is 28.8 Å². The summed E-state index contributed by atoms with van der Waals surface area (Å²) in [7, 11) is 4.68. The number of ether oxygens (including phenoxy) is 3. The molecule has 0 atom stereocenters. The van der Waals surface area contributed by atoms with Crippen molar-refractivity contribution in [3.63, 3.8) is 0 Å². The summed E-state index contributed by atoms with van der Waals surface area (Å²) in [5, 5.41) is 2.96. The molecule has 7 heteroatoms. The Bertz CT molecular complexity index is 780. The van der Waals surface area contributed by atoms with Crippen LogP contribution in [-0.4, -0.2) is 60.0 Å². The van der Waals surface area contributed by atoms with Crippen molar-refractivity contribution >= 4 is 11.6 Å². The van der Waals surface area contributed by atoms with Gasteiger partial charge in [-0.25, -0.2) is 0 Å². The zero-order valence-corrected chi connectivity index (χ0v) is 17.4. The van der Waals surface area contributed by atoms with Crippen molar-refractivity contribution in [2.24, 2.45) is 0 Å². The van der Waals surface area contributed by atoms with Crippen molar-refractivity contribution in [1.82, 2.24) is 0 Å². The van der Waals surface area contributed by atoms with Gasteiger partial charge >= 0.3 is 0 Å². The summed E-state index contributed by atoms with van der Waals surface area (Å²) < 4.78 is 16.0. The Kier molecular flexibility index (Phi) is 7.32. The van der Waals surface area contributed by atoms with Crippen molar-refractivity contribution in [3.05, 3.63) is 48.0 Å². The van der Waals surface area contributed by atoms with Crippen LogP contribution in [0.3, 0.4) is 0 Å². The topological polar surface area (TPSA) is 65.7 Å². The number of rotatable bonds is 8. The molecular weight excluding hydrogens is 370 g/mol. The minimum Gasteiger partial charge on any atom is -0.493 e. The van der Waals surface area contributed by atoms with Gasteiger partial charge in [-0.05, 0) is 0 Å². The summed E-state index contributed by atoms with van der Waals surface area (Å²) in [5.74, 6) is 1.54. The van der Waals surface area contributed by atoms with Crippen LogP contribution in [0, 0.1) is 0 Å². The molecule has 1 amide bonds. The van der Waals surface area contributed by atoms with Gasteiger partial charge in [0, 0.05) is 23.4 Å². The van der Waals surface area contributed by atoms with Gasteiger partial charge in [0.25, 0.3) is 5.91 Å². The SMILES string of the molecule is COc1cc(NC(=O)C[NH+]2CC[NH+](Cc3ccccc3)CC2)cc(OC)c1OC. The predicted octanol–water partition coefficient (Wildman–Crippen LogP) is -0.365. The van der Waals surface area contributed by atoms with E-state index in [1.54, 1.807) is 38.4 Å². The number of carbonyl (C=O) groups is 1. The average molecular weight is 402 g/mol. The van der Waals surface area contributed by atoms with E-state index in [1.165, 1.54) is 10.5 Å². The highest BCUT2D eigenvalue weighted by Crippen LogP contribution is 2.39. The Morgan fingerprint density at radius 1 is 0.897 bits per heavy atom. The van der Waals surface area contributed by atoms with Crippen LogP contribution in [0.1, 0.15) is 5.56 Å². The first kappa shape index (κ1) is 21.0. The van der Waals surface area contributed by atoms with Crippen LogP contribution < -0.4 is 29.3 Å². The molecule has 2 aromatic rings. The third kappa shape index (κ3) is 5.62. The quantitative estimate of drug-likeness (QED) is 0.565. The fourth-order valence-electron chi connectivity index (χ4n) is 3.78. The Labute approximate surface area is 172 Å². The molecule has 3 rings (SSSR count). The van der Waals surface area contributed by atoms with Gasteiger partial charge in [0.1, 0.15) is 32.7 Å². The Hall–Kier alpha value is -2.77. The van der Waals surface area contributed by atoms with E-state index in [0.717, 1.165) is 32.7 Å². The second-order valence-corrected chi connectivity index (χ2v) is 7.30. The highest BCUT2D eigenvalue weighted by atomic mass is 16.5. The third-order valence-electron chi connectivity index (χ3n) is 5.32. The van der Waals surface area contributed by atoms with Crippen LogP contribution in [0.5, 0.6) is 17.2 Å². The average Bonchev–Trinajstić information content (AvgIpc) is 2.75. The number of nitrogens with one attached hydrogen (secondary N) is 3. The van der Waals surface area contributed by atoms with Gasteiger partial charge in [-0.3, -0.25) is 4.79 Å². The number of amides is 1. The smallest absolute Gasteiger partial charge is 0.279 e. The highest BCUT2D eigenvalue weighted by Gasteiger charge is 2.25. The third-order valence-corrected chi connectivity index (χ3v) is 5.32. The molecule has 3 N–H and O–H groups in total. The maximum atomic E-state index is 12.6. The van der Waals surface area contributed by atoms with Gasteiger partial charge in [0.05, 0.1) is 21.3 Å². The van der Waals surface area contributed by atoms with Gasteiger partial charge in [-0.1, -0.05) is 30.3 Å². The van der Waals surface area contributed by atoms with Gasteiger partial charge in [-0.15, -0.1) is 0 Å². The largest absolute Gasteiger partial charge is 0.493 e. The molecule has 156 valence electrons. The molecule has 1 heterocycles. The monoisotopic (exact) mass is 401 g/mol. The van der Waals surface area contributed by atoms with Crippen LogP contribution in [0.25, 0.3) is 0 Å². The summed E-state index contributed by atoms with van der Waals surface area (Å²) in [6.07, 6.45) is 0. The molecule has 0 bridgehead atoms. The molecule has 0 saturated carbocycles. The number of benzene rings is 2. The lowest BCUT2D eigenvalue weighted by molar-refractivity contribution is -1.02. The molecule has 1 fully saturated rings. The zero-order valence-electron chi connectivity index (χ0n) is 17.4. The van der Waals surface area contributed by atoms with Crippen molar-refractivity contribution in [3.8, 4) is 17.2 Å². The Balaban J connectivity index is 1.51. The molecule has 0 unspecified atom stereocenters. The molecule has 1 saturated heterocycles. The first-order valence-corrected chi connectivity index (χ1v) is 9.94. The molecule has 0 radical (unpaired) electrons. The fourth-order valence-corrected chi connectivity index (χ4v) is 3.78. The van der Waals surface area contributed by atoms with Crippen molar-refractivity contribution in [1.29, 1.82) is 0 Å². The maximum absolute atomic E-state index is 12.6. The van der Waals surface area contributed by atoms with E-state index in [9.17, 15) is 4.79 Å². The molecule has 0 spiro atoms. The van der Waals surface area contributed by atoms with E-state index in [1.807, 2.05) is 6.07 Å². The number of quaternary nitrogens is 2. The first-order chi connectivity index (χ1) is 14.1. The summed E-state index contributed by atoms with van der Waals surface area (Å²) in [4.78, 5) is 15.4. The summed E-state index contributed by atoms with van der Waals surface area (Å²) in [6.45, 7) is 5.63. The van der Waals surface area contributed by atoms with Crippen LogP contribution in [0.4, 0.5) is 5.69 Å². The van der Waals surface area contributed by atoms with E-state index in [-0.39, 0.29) is 5.91 Å². The predicted molar refractivity (Wildman–Crippen MR) is 111 cm³/mol. The maximum Gasteiger partial charge on any atom is 0.279 e. The van der Waals surface area contributed by atoms with Gasteiger partial charge in [0.2, 0.25) is 5.75 Å². The van der Waals surface area contributed by atoms with E-state index in [2.05, 4.69) is 29.6 Å². The molecule has 0 aliphatic carbocycles. The normalized spacial score (nSPS) is 18.7. The summed E-state index contributed by atoms with van der Waals surface area (Å²) in [5.41, 5.74) is 2.00. The van der Waals surface area contributed by atoms with Crippen LogP contribution >= 0.6 is 0 Å². The second kappa shape index (κ2) is 10.1. The van der Waals surface area contributed by atoms with Gasteiger partial charge in [-0.2, -0.15) is 0 Å². The lowest BCUT2D eigenvalue weighted by Gasteiger charge is -2.29. The summed E-state index contributed by atoms with van der Waals surface area (Å²) in [6, 6.07) is 14.1. The second-order valence-electron chi connectivity index (χ2n) is 7.30. The summed E-state index contributed by atoms with van der Waals surface area (Å²) >= 11 is 0. The van der Waals surface area contributed by atoms with E-state index in [0.29, 0.717) is 29.5 Å².